The number of methoxy groups -OCH3 is 1. The second-order valence-electron chi connectivity index (χ2n) is 4.10. The van der Waals surface area contributed by atoms with Crippen LogP contribution < -0.4 is 11.2 Å². The molecule has 1 aromatic heterocycles. The number of aromatic nitrogens is 2. The molecule has 1 aromatic rings. The Morgan fingerprint density at radius 3 is 2.89 bits per heavy atom. The van der Waals surface area contributed by atoms with Crippen LogP contribution in [-0.4, -0.2) is 28.8 Å². The van der Waals surface area contributed by atoms with Crippen molar-refractivity contribution < 1.29 is 18.7 Å². The van der Waals surface area contributed by atoms with Crippen molar-refractivity contribution in [2.75, 3.05) is 13.7 Å². The maximum atomic E-state index is 13.5. The van der Waals surface area contributed by atoms with Crippen LogP contribution >= 0.6 is 0 Å². The predicted molar refractivity (Wildman–Crippen MR) is 61.2 cm³/mol. The van der Waals surface area contributed by atoms with Crippen molar-refractivity contribution in [1.29, 1.82) is 0 Å². The van der Waals surface area contributed by atoms with Gasteiger partial charge < -0.3 is 9.47 Å². The third-order valence-electron chi connectivity index (χ3n) is 2.88. The van der Waals surface area contributed by atoms with E-state index >= 15 is 0 Å². The minimum Gasteiger partial charge on any atom is -0.468 e. The zero-order valence-corrected chi connectivity index (χ0v) is 10.3. The molecule has 0 aliphatic carbocycles. The van der Waals surface area contributed by atoms with E-state index in [1.54, 1.807) is 0 Å². The van der Waals surface area contributed by atoms with Gasteiger partial charge >= 0.3 is 11.7 Å². The topological polar surface area (TPSA) is 79.5 Å². The molecule has 0 aromatic carbocycles. The van der Waals surface area contributed by atoms with Crippen LogP contribution in [0.4, 0.5) is 4.39 Å². The van der Waals surface area contributed by atoms with E-state index < -0.39 is 35.8 Å². The van der Waals surface area contributed by atoms with Crippen molar-refractivity contribution in [2.24, 2.45) is 0 Å². The Balaban J connectivity index is 2.49. The van der Waals surface area contributed by atoms with Crippen molar-refractivity contribution in [1.82, 2.24) is 9.13 Å². The first kappa shape index (κ1) is 13.5. The predicted octanol–water partition coefficient (Wildman–Crippen LogP) is -0.369. The van der Waals surface area contributed by atoms with Crippen LogP contribution in [0, 0.1) is 5.82 Å². The highest BCUT2D eigenvalue weighted by Gasteiger charge is 2.22. The summed E-state index contributed by atoms with van der Waals surface area (Å²) in [5.74, 6) is -1.91. The number of carbonyl (C=O) groups excluding carboxylic acids is 1. The van der Waals surface area contributed by atoms with E-state index in [0.29, 0.717) is 17.6 Å². The van der Waals surface area contributed by atoms with Crippen LogP contribution in [0.25, 0.3) is 0 Å². The summed E-state index contributed by atoms with van der Waals surface area (Å²) >= 11 is 0. The lowest BCUT2D eigenvalue weighted by Gasteiger charge is -2.15. The summed E-state index contributed by atoms with van der Waals surface area (Å²) in [7, 11) is 1.12. The summed E-state index contributed by atoms with van der Waals surface area (Å²) in [6, 6.07) is 0. The van der Waals surface area contributed by atoms with Crippen molar-refractivity contribution in [3.63, 3.8) is 0 Å². The zero-order chi connectivity index (χ0) is 14.0. The van der Waals surface area contributed by atoms with E-state index in [4.69, 9.17) is 4.74 Å². The number of hydrogen-bond donors (Lipinski definition) is 0. The first-order valence-corrected chi connectivity index (χ1v) is 5.74. The van der Waals surface area contributed by atoms with Gasteiger partial charge in [0.25, 0.3) is 5.56 Å². The molecule has 1 saturated heterocycles. The Labute approximate surface area is 107 Å². The van der Waals surface area contributed by atoms with Crippen LogP contribution in [0.3, 0.4) is 0 Å². The van der Waals surface area contributed by atoms with Gasteiger partial charge in [-0.2, -0.15) is 4.39 Å². The smallest absolute Gasteiger partial charge is 0.333 e. The Morgan fingerprint density at radius 1 is 1.58 bits per heavy atom. The molecule has 104 valence electrons. The fourth-order valence-electron chi connectivity index (χ4n) is 1.91. The van der Waals surface area contributed by atoms with Crippen LogP contribution in [0.1, 0.15) is 19.1 Å². The summed E-state index contributed by atoms with van der Waals surface area (Å²) in [5.41, 5.74) is -1.94. The summed E-state index contributed by atoms with van der Waals surface area (Å²) in [5, 5.41) is 0. The van der Waals surface area contributed by atoms with Gasteiger partial charge in [0.05, 0.1) is 13.3 Å². The molecule has 1 aliphatic rings. The molecule has 0 N–H and O–H groups in total. The fraction of sp³-hybridized carbons (Fsp3) is 0.545. The Kier molecular flexibility index (Phi) is 3.79. The molecule has 0 radical (unpaired) electrons. The van der Waals surface area contributed by atoms with E-state index in [0.717, 1.165) is 24.3 Å². The van der Waals surface area contributed by atoms with Gasteiger partial charge in [0, 0.05) is 6.61 Å². The van der Waals surface area contributed by atoms with Gasteiger partial charge in [-0.05, 0) is 12.8 Å². The summed E-state index contributed by atoms with van der Waals surface area (Å²) < 4.78 is 24.7. The highest BCUT2D eigenvalue weighted by molar-refractivity contribution is 5.68. The number of ether oxygens (including phenoxy) is 2. The molecule has 0 saturated carbocycles. The van der Waals surface area contributed by atoms with Gasteiger partial charge in [0.2, 0.25) is 5.82 Å². The van der Waals surface area contributed by atoms with E-state index in [9.17, 15) is 18.8 Å². The number of halogens is 1. The second kappa shape index (κ2) is 5.35. The van der Waals surface area contributed by atoms with Crippen LogP contribution in [0.2, 0.25) is 0 Å². The molecule has 1 atom stereocenters. The lowest BCUT2D eigenvalue weighted by atomic mass is 10.3. The molecule has 19 heavy (non-hydrogen) atoms. The minimum atomic E-state index is -1.15. The van der Waals surface area contributed by atoms with Crippen LogP contribution in [0.15, 0.2) is 15.8 Å². The molecule has 1 fully saturated rings. The standard InChI is InChI=1S/C11H13FN2O5/c1-18-9(15)6-14-10(16)7(12)5-13(11(14)17)8-3-2-4-19-8/h5,8H,2-4,6H2,1H3. The number of carbonyl (C=O) groups is 1. The SMILES string of the molecule is COC(=O)Cn1c(=O)c(F)cn(C2CCCO2)c1=O. The molecular formula is C11H13FN2O5. The molecule has 7 nitrogen and oxygen atoms in total. The Bertz CT molecular complexity index is 600. The minimum absolute atomic E-state index is 0.467. The number of nitrogens with zero attached hydrogens (tertiary/aromatic N) is 2. The van der Waals surface area contributed by atoms with Crippen molar-refractivity contribution >= 4 is 5.97 Å². The van der Waals surface area contributed by atoms with E-state index in [2.05, 4.69) is 4.74 Å². The van der Waals surface area contributed by atoms with Gasteiger partial charge in [-0.1, -0.05) is 0 Å². The molecule has 2 rings (SSSR count). The highest BCUT2D eigenvalue weighted by Crippen LogP contribution is 2.20. The molecule has 1 aliphatic heterocycles. The lowest BCUT2D eigenvalue weighted by Crippen LogP contribution is -2.44. The van der Waals surface area contributed by atoms with Gasteiger partial charge in [-0.3, -0.25) is 14.2 Å². The van der Waals surface area contributed by atoms with Gasteiger partial charge in [-0.15, -0.1) is 0 Å². The maximum Gasteiger partial charge on any atom is 0.333 e. The van der Waals surface area contributed by atoms with Crippen molar-refractivity contribution in [2.45, 2.75) is 25.6 Å². The van der Waals surface area contributed by atoms with Gasteiger partial charge in [0.15, 0.2) is 0 Å². The molecule has 8 heteroatoms. The van der Waals surface area contributed by atoms with E-state index in [1.165, 1.54) is 0 Å². The van der Waals surface area contributed by atoms with Crippen molar-refractivity contribution in [3.8, 4) is 0 Å². The quantitative estimate of drug-likeness (QED) is 0.701. The molecular weight excluding hydrogens is 259 g/mol. The van der Waals surface area contributed by atoms with Gasteiger partial charge in [-0.25, -0.2) is 9.36 Å². The highest BCUT2D eigenvalue weighted by atomic mass is 19.1. The van der Waals surface area contributed by atoms with Crippen LogP contribution in [-0.2, 0) is 20.8 Å². The second-order valence-corrected chi connectivity index (χ2v) is 4.10. The van der Waals surface area contributed by atoms with Crippen LogP contribution in [0.5, 0.6) is 0 Å². The molecule has 1 unspecified atom stereocenters. The maximum absolute atomic E-state index is 13.5. The molecule has 0 spiro atoms. The summed E-state index contributed by atoms with van der Waals surface area (Å²) in [6.45, 7) is -0.159. The fourth-order valence-corrected chi connectivity index (χ4v) is 1.91. The summed E-state index contributed by atoms with van der Waals surface area (Å²) in [6.07, 6.45) is 1.51. The van der Waals surface area contributed by atoms with Gasteiger partial charge in [0.1, 0.15) is 12.8 Å². The molecule has 2 heterocycles. The van der Waals surface area contributed by atoms with E-state index in [1.807, 2.05) is 0 Å². The first-order valence-electron chi connectivity index (χ1n) is 5.74. The molecule has 0 amide bonds. The largest absolute Gasteiger partial charge is 0.468 e. The Hall–Kier alpha value is -1.96. The lowest BCUT2D eigenvalue weighted by molar-refractivity contribution is -0.141. The number of hydrogen-bond acceptors (Lipinski definition) is 5. The summed E-state index contributed by atoms with van der Waals surface area (Å²) in [4.78, 5) is 34.7. The average Bonchev–Trinajstić information content (AvgIpc) is 2.92. The van der Waals surface area contributed by atoms with E-state index in [-0.39, 0.29) is 0 Å². The van der Waals surface area contributed by atoms with Crippen molar-refractivity contribution in [3.05, 3.63) is 32.9 Å². The average molecular weight is 272 g/mol. The number of esters is 1. The zero-order valence-electron chi connectivity index (χ0n) is 10.3. The third kappa shape index (κ3) is 2.58. The number of rotatable bonds is 3. The third-order valence-corrected chi connectivity index (χ3v) is 2.88. The monoisotopic (exact) mass is 272 g/mol. The molecule has 0 bridgehead atoms. The first-order chi connectivity index (χ1) is 9.04. The Morgan fingerprint density at radius 2 is 2.32 bits per heavy atom. The normalized spacial score (nSPS) is 18.5.